The molecule has 1 aromatic rings. The van der Waals surface area contributed by atoms with Crippen molar-refractivity contribution in [1.29, 1.82) is 0 Å². The van der Waals surface area contributed by atoms with E-state index in [0.29, 0.717) is 5.92 Å². The predicted octanol–water partition coefficient (Wildman–Crippen LogP) is 2.91. The molecule has 15 heavy (non-hydrogen) atoms. The quantitative estimate of drug-likeness (QED) is 0.803. The standard InChI is InChI=1S/C12H16O3/c1-4-7(2)9-6-10(12(14)15)11(13)5-8(9)3/h5-7,13H,4H2,1-3H3,(H,14,15). The van der Waals surface area contributed by atoms with Crippen LogP contribution in [0, 0.1) is 6.92 Å². The molecule has 0 radical (unpaired) electrons. The second-order valence-electron chi connectivity index (χ2n) is 3.84. The van der Waals surface area contributed by atoms with E-state index >= 15 is 0 Å². The average molecular weight is 208 g/mol. The van der Waals surface area contributed by atoms with Gasteiger partial charge < -0.3 is 10.2 Å². The van der Waals surface area contributed by atoms with E-state index in [2.05, 4.69) is 6.92 Å². The molecule has 1 unspecified atom stereocenters. The van der Waals surface area contributed by atoms with Crippen LogP contribution < -0.4 is 0 Å². The number of hydrogen-bond donors (Lipinski definition) is 2. The number of carboxylic acids is 1. The van der Waals surface area contributed by atoms with Crippen molar-refractivity contribution in [2.75, 3.05) is 0 Å². The lowest BCUT2D eigenvalue weighted by molar-refractivity contribution is 0.0693. The maximum Gasteiger partial charge on any atom is 0.339 e. The van der Waals surface area contributed by atoms with Crippen LogP contribution in [0.3, 0.4) is 0 Å². The minimum Gasteiger partial charge on any atom is -0.507 e. The fraction of sp³-hybridized carbons (Fsp3) is 0.417. The Balaban J connectivity index is 3.29. The summed E-state index contributed by atoms with van der Waals surface area (Å²) < 4.78 is 0. The molecule has 3 heteroatoms. The number of phenols is 1. The van der Waals surface area contributed by atoms with Crippen molar-refractivity contribution < 1.29 is 15.0 Å². The van der Waals surface area contributed by atoms with Crippen molar-refractivity contribution in [3.63, 3.8) is 0 Å². The van der Waals surface area contributed by atoms with Gasteiger partial charge in [0, 0.05) is 0 Å². The van der Waals surface area contributed by atoms with E-state index in [1.165, 1.54) is 6.07 Å². The molecule has 3 nitrogen and oxygen atoms in total. The molecule has 0 amide bonds. The minimum atomic E-state index is -1.09. The Labute approximate surface area is 89.4 Å². The van der Waals surface area contributed by atoms with Gasteiger partial charge in [-0.25, -0.2) is 4.79 Å². The molecule has 0 saturated heterocycles. The number of aromatic carboxylic acids is 1. The molecule has 2 N–H and O–H groups in total. The zero-order chi connectivity index (χ0) is 11.6. The lowest BCUT2D eigenvalue weighted by atomic mass is 9.92. The average Bonchev–Trinajstić information content (AvgIpc) is 2.16. The summed E-state index contributed by atoms with van der Waals surface area (Å²) in [6, 6.07) is 3.09. The van der Waals surface area contributed by atoms with Crippen LogP contribution in [0.25, 0.3) is 0 Å². The highest BCUT2D eigenvalue weighted by Gasteiger charge is 2.15. The fourth-order valence-corrected chi connectivity index (χ4v) is 1.63. The normalized spacial score (nSPS) is 12.5. The first-order valence-electron chi connectivity index (χ1n) is 5.04. The van der Waals surface area contributed by atoms with Crippen LogP contribution in [0.2, 0.25) is 0 Å². The van der Waals surface area contributed by atoms with Gasteiger partial charge in [0.15, 0.2) is 0 Å². The van der Waals surface area contributed by atoms with Gasteiger partial charge in [-0.15, -0.1) is 0 Å². The van der Waals surface area contributed by atoms with Crippen LogP contribution in [0.15, 0.2) is 12.1 Å². The Hall–Kier alpha value is -1.51. The van der Waals surface area contributed by atoms with E-state index in [4.69, 9.17) is 5.11 Å². The van der Waals surface area contributed by atoms with E-state index in [9.17, 15) is 9.90 Å². The van der Waals surface area contributed by atoms with Gasteiger partial charge in [-0.2, -0.15) is 0 Å². The third-order valence-corrected chi connectivity index (χ3v) is 2.76. The van der Waals surface area contributed by atoms with Gasteiger partial charge >= 0.3 is 5.97 Å². The molecule has 1 atom stereocenters. The predicted molar refractivity (Wildman–Crippen MR) is 58.5 cm³/mol. The number of benzene rings is 1. The summed E-state index contributed by atoms with van der Waals surface area (Å²) >= 11 is 0. The number of carboxylic acid groups (broad SMARTS) is 1. The summed E-state index contributed by atoms with van der Waals surface area (Å²) in [5.41, 5.74) is 1.91. The van der Waals surface area contributed by atoms with Crippen LogP contribution in [0.5, 0.6) is 5.75 Å². The Morgan fingerprint density at radius 2 is 2.07 bits per heavy atom. The maximum absolute atomic E-state index is 10.8. The Morgan fingerprint density at radius 3 is 2.53 bits per heavy atom. The summed E-state index contributed by atoms with van der Waals surface area (Å²) in [6.45, 7) is 5.98. The molecule has 0 saturated carbocycles. The van der Waals surface area contributed by atoms with Gasteiger partial charge in [-0.3, -0.25) is 0 Å². The molecule has 0 spiro atoms. The molecular weight excluding hydrogens is 192 g/mol. The maximum atomic E-state index is 10.8. The molecule has 0 bridgehead atoms. The Bertz CT molecular complexity index is 383. The highest BCUT2D eigenvalue weighted by atomic mass is 16.4. The van der Waals surface area contributed by atoms with E-state index in [1.807, 2.05) is 13.8 Å². The highest BCUT2D eigenvalue weighted by Crippen LogP contribution is 2.28. The van der Waals surface area contributed by atoms with Crippen molar-refractivity contribution in [3.05, 3.63) is 28.8 Å². The lowest BCUT2D eigenvalue weighted by Crippen LogP contribution is -2.02. The molecule has 0 aliphatic carbocycles. The first-order valence-corrected chi connectivity index (χ1v) is 5.04. The number of hydrogen-bond acceptors (Lipinski definition) is 2. The van der Waals surface area contributed by atoms with E-state index in [0.717, 1.165) is 17.5 Å². The van der Waals surface area contributed by atoms with Crippen molar-refractivity contribution >= 4 is 5.97 Å². The van der Waals surface area contributed by atoms with Gasteiger partial charge in [0.25, 0.3) is 0 Å². The van der Waals surface area contributed by atoms with E-state index < -0.39 is 5.97 Å². The third kappa shape index (κ3) is 2.29. The van der Waals surface area contributed by atoms with Gasteiger partial charge in [0.2, 0.25) is 0 Å². The van der Waals surface area contributed by atoms with Gasteiger partial charge in [-0.05, 0) is 42.5 Å². The summed E-state index contributed by atoms with van der Waals surface area (Å²) in [6.07, 6.45) is 0.949. The molecule has 1 rings (SSSR count). The van der Waals surface area contributed by atoms with Crippen molar-refractivity contribution in [3.8, 4) is 5.75 Å². The van der Waals surface area contributed by atoms with E-state index in [-0.39, 0.29) is 11.3 Å². The van der Waals surface area contributed by atoms with Crippen LogP contribution >= 0.6 is 0 Å². The monoisotopic (exact) mass is 208 g/mol. The molecule has 0 aromatic heterocycles. The van der Waals surface area contributed by atoms with Gasteiger partial charge in [0.1, 0.15) is 11.3 Å². The summed E-state index contributed by atoms with van der Waals surface area (Å²) in [5.74, 6) is -0.937. The van der Waals surface area contributed by atoms with Crippen LogP contribution in [-0.4, -0.2) is 16.2 Å². The van der Waals surface area contributed by atoms with Crippen LogP contribution in [0.4, 0.5) is 0 Å². The van der Waals surface area contributed by atoms with Crippen LogP contribution in [-0.2, 0) is 0 Å². The summed E-state index contributed by atoms with van der Waals surface area (Å²) in [4.78, 5) is 10.8. The molecular formula is C12H16O3. The number of rotatable bonds is 3. The molecule has 0 aliphatic heterocycles. The minimum absolute atomic E-state index is 0.0177. The van der Waals surface area contributed by atoms with Crippen LogP contribution in [0.1, 0.15) is 47.7 Å². The summed E-state index contributed by atoms with van der Waals surface area (Å²) in [7, 11) is 0. The van der Waals surface area contributed by atoms with E-state index in [1.54, 1.807) is 6.07 Å². The zero-order valence-electron chi connectivity index (χ0n) is 9.24. The smallest absolute Gasteiger partial charge is 0.339 e. The molecule has 1 aromatic carbocycles. The van der Waals surface area contributed by atoms with Crippen molar-refractivity contribution in [1.82, 2.24) is 0 Å². The number of carbonyl (C=O) groups is 1. The Kier molecular flexibility index (Phi) is 3.35. The zero-order valence-corrected chi connectivity index (χ0v) is 9.24. The summed E-state index contributed by atoms with van der Waals surface area (Å²) in [5, 5.41) is 18.3. The highest BCUT2D eigenvalue weighted by molar-refractivity contribution is 5.91. The van der Waals surface area contributed by atoms with Gasteiger partial charge in [0.05, 0.1) is 0 Å². The Morgan fingerprint density at radius 1 is 1.47 bits per heavy atom. The molecule has 0 aliphatic rings. The second kappa shape index (κ2) is 4.34. The number of aryl methyl sites for hydroxylation is 1. The fourth-order valence-electron chi connectivity index (χ4n) is 1.63. The molecule has 82 valence electrons. The van der Waals surface area contributed by atoms with Gasteiger partial charge in [-0.1, -0.05) is 13.8 Å². The first-order chi connectivity index (χ1) is 6.97. The van der Waals surface area contributed by atoms with Crippen molar-refractivity contribution in [2.24, 2.45) is 0 Å². The largest absolute Gasteiger partial charge is 0.507 e. The number of aromatic hydroxyl groups is 1. The van der Waals surface area contributed by atoms with Crippen molar-refractivity contribution in [2.45, 2.75) is 33.1 Å². The second-order valence-corrected chi connectivity index (χ2v) is 3.84. The third-order valence-electron chi connectivity index (χ3n) is 2.76. The first kappa shape index (κ1) is 11.6. The topological polar surface area (TPSA) is 57.5 Å². The molecule has 0 fully saturated rings. The SMILES string of the molecule is CCC(C)c1cc(C(=O)O)c(O)cc1C. The molecule has 0 heterocycles. The lowest BCUT2D eigenvalue weighted by Gasteiger charge is -2.14.